The minimum Gasteiger partial charge on any atom is -0.381 e. The molecule has 1 aromatic rings. The maximum Gasteiger partial charge on any atom is 0.148 e. The van der Waals surface area contributed by atoms with Crippen LogP contribution in [0.15, 0.2) is 6.33 Å². The first-order chi connectivity index (χ1) is 9.57. The van der Waals surface area contributed by atoms with Gasteiger partial charge < -0.3 is 10.5 Å². The number of rotatable bonds is 6. The largest absolute Gasteiger partial charge is 0.381 e. The molecule has 6 heteroatoms. The van der Waals surface area contributed by atoms with Gasteiger partial charge in [-0.15, -0.1) is 0 Å². The summed E-state index contributed by atoms with van der Waals surface area (Å²) in [5.41, 5.74) is 5.43. The molecule has 1 saturated heterocycles. The predicted molar refractivity (Wildman–Crippen MR) is 75.1 cm³/mol. The summed E-state index contributed by atoms with van der Waals surface area (Å²) in [6, 6.07) is 0. The number of ketones is 1. The summed E-state index contributed by atoms with van der Waals surface area (Å²) in [5, 5.41) is 4.20. The molecule has 1 aliphatic rings. The van der Waals surface area contributed by atoms with Crippen molar-refractivity contribution in [2.75, 3.05) is 19.8 Å². The lowest BCUT2D eigenvalue weighted by Gasteiger charge is -2.34. The number of Topliss-reactive ketones (excluding diaryl/α,β-unsaturated/α-hetero) is 1. The smallest absolute Gasteiger partial charge is 0.148 e. The van der Waals surface area contributed by atoms with Crippen molar-refractivity contribution in [3.8, 4) is 0 Å². The molecule has 0 bridgehead atoms. The summed E-state index contributed by atoms with van der Waals surface area (Å²) in [7, 11) is 0. The average molecular weight is 280 g/mol. The van der Waals surface area contributed by atoms with Crippen LogP contribution in [0.25, 0.3) is 0 Å². The molecule has 1 aromatic heterocycles. The van der Waals surface area contributed by atoms with Crippen LogP contribution in [-0.2, 0) is 22.5 Å². The van der Waals surface area contributed by atoms with Crippen molar-refractivity contribution in [3.63, 3.8) is 0 Å². The molecule has 0 amide bonds. The van der Waals surface area contributed by atoms with Crippen LogP contribution in [0, 0.1) is 11.3 Å². The van der Waals surface area contributed by atoms with E-state index in [0.29, 0.717) is 44.9 Å². The highest BCUT2D eigenvalue weighted by Gasteiger charge is 2.38. The van der Waals surface area contributed by atoms with E-state index in [1.807, 2.05) is 4.68 Å². The van der Waals surface area contributed by atoms with E-state index >= 15 is 0 Å². The van der Waals surface area contributed by atoms with Crippen molar-refractivity contribution in [1.29, 1.82) is 0 Å². The minimum atomic E-state index is -0.438. The molecular formula is C14H24N4O2. The Balaban J connectivity index is 2.08. The molecule has 0 saturated carbocycles. The molecule has 0 aromatic carbocycles. The summed E-state index contributed by atoms with van der Waals surface area (Å²) >= 11 is 0. The Kier molecular flexibility index (Phi) is 4.88. The first-order valence-corrected chi connectivity index (χ1v) is 7.25. The third-order valence-corrected chi connectivity index (χ3v) is 3.98. The van der Waals surface area contributed by atoms with Gasteiger partial charge in [0.25, 0.3) is 0 Å². The molecular weight excluding hydrogens is 256 g/mol. The van der Waals surface area contributed by atoms with E-state index in [0.717, 1.165) is 12.4 Å². The van der Waals surface area contributed by atoms with E-state index in [1.165, 1.54) is 6.33 Å². The highest BCUT2D eigenvalue weighted by atomic mass is 16.5. The molecule has 0 atom stereocenters. The number of hydrogen-bond donors (Lipinski definition) is 1. The zero-order valence-corrected chi connectivity index (χ0v) is 12.3. The molecule has 0 unspecified atom stereocenters. The Morgan fingerprint density at radius 3 is 2.80 bits per heavy atom. The summed E-state index contributed by atoms with van der Waals surface area (Å²) < 4.78 is 7.17. The summed E-state index contributed by atoms with van der Waals surface area (Å²) in [6.45, 7) is 6.62. The number of nitrogens with zero attached hydrogens (tertiary/aromatic N) is 3. The topological polar surface area (TPSA) is 83.0 Å². The number of nitrogens with two attached hydrogens (primary N) is 1. The SMILES string of the molecule is CC(C)Cn1ncnc1CC(=O)C1(CN)CCOCC1. The van der Waals surface area contributed by atoms with Crippen LogP contribution in [0.1, 0.15) is 32.5 Å². The molecule has 6 nitrogen and oxygen atoms in total. The summed E-state index contributed by atoms with van der Waals surface area (Å²) in [6.07, 6.45) is 3.25. The van der Waals surface area contributed by atoms with Gasteiger partial charge in [0.15, 0.2) is 0 Å². The molecule has 0 aliphatic carbocycles. The van der Waals surface area contributed by atoms with Crippen LogP contribution in [0.4, 0.5) is 0 Å². The first-order valence-electron chi connectivity index (χ1n) is 7.25. The van der Waals surface area contributed by atoms with Crippen LogP contribution in [0.5, 0.6) is 0 Å². The molecule has 2 rings (SSSR count). The average Bonchev–Trinajstić information content (AvgIpc) is 2.86. The van der Waals surface area contributed by atoms with Gasteiger partial charge in [-0.3, -0.25) is 4.79 Å². The van der Waals surface area contributed by atoms with Crippen LogP contribution in [-0.4, -0.2) is 40.3 Å². The Labute approximate surface area is 119 Å². The lowest BCUT2D eigenvalue weighted by molar-refractivity contribution is -0.133. The third-order valence-electron chi connectivity index (χ3n) is 3.98. The summed E-state index contributed by atoms with van der Waals surface area (Å²) in [4.78, 5) is 16.9. The van der Waals surface area contributed by atoms with Crippen molar-refractivity contribution in [2.24, 2.45) is 17.1 Å². The van der Waals surface area contributed by atoms with Gasteiger partial charge in [-0.1, -0.05) is 13.8 Å². The molecule has 1 aliphatic heterocycles. The van der Waals surface area contributed by atoms with Gasteiger partial charge in [0.2, 0.25) is 0 Å². The van der Waals surface area contributed by atoms with Gasteiger partial charge in [0, 0.05) is 31.7 Å². The summed E-state index contributed by atoms with van der Waals surface area (Å²) in [5.74, 6) is 1.38. The third kappa shape index (κ3) is 3.24. The van der Waals surface area contributed by atoms with E-state index in [4.69, 9.17) is 10.5 Å². The van der Waals surface area contributed by atoms with Gasteiger partial charge in [-0.05, 0) is 18.8 Å². The fourth-order valence-electron chi connectivity index (χ4n) is 2.61. The Morgan fingerprint density at radius 2 is 2.20 bits per heavy atom. The Hall–Kier alpha value is -1.27. The maximum absolute atomic E-state index is 12.6. The molecule has 112 valence electrons. The van der Waals surface area contributed by atoms with Crippen molar-refractivity contribution in [2.45, 2.75) is 39.7 Å². The molecule has 20 heavy (non-hydrogen) atoms. The van der Waals surface area contributed by atoms with Crippen LogP contribution < -0.4 is 5.73 Å². The highest BCUT2D eigenvalue weighted by molar-refractivity contribution is 5.86. The van der Waals surface area contributed by atoms with Crippen molar-refractivity contribution < 1.29 is 9.53 Å². The fraction of sp³-hybridized carbons (Fsp3) is 0.786. The van der Waals surface area contributed by atoms with E-state index in [1.54, 1.807) is 0 Å². The highest BCUT2D eigenvalue weighted by Crippen LogP contribution is 2.31. The number of hydrogen-bond acceptors (Lipinski definition) is 5. The van der Waals surface area contributed by atoms with Crippen LogP contribution in [0.2, 0.25) is 0 Å². The second kappa shape index (κ2) is 6.45. The van der Waals surface area contributed by atoms with E-state index in [2.05, 4.69) is 23.9 Å². The molecule has 2 heterocycles. The molecule has 2 N–H and O–H groups in total. The van der Waals surface area contributed by atoms with Gasteiger partial charge in [-0.2, -0.15) is 5.10 Å². The molecule has 0 radical (unpaired) electrons. The lowest BCUT2D eigenvalue weighted by atomic mass is 9.75. The number of aromatic nitrogens is 3. The Morgan fingerprint density at radius 1 is 1.50 bits per heavy atom. The number of ether oxygens (including phenoxy) is 1. The van der Waals surface area contributed by atoms with Gasteiger partial charge in [0.1, 0.15) is 17.9 Å². The second-order valence-corrected chi connectivity index (χ2v) is 5.95. The van der Waals surface area contributed by atoms with E-state index < -0.39 is 5.41 Å². The van der Waals surface area contributed by atoms with Crippen molar-refractivity contribution in [1.82, 2.24) is 14.8 Å². The number of carbonyl (C=O) groups is 1. The predicted octanol–water partition coefficient (Wildman–Crippen LogP) is 0.801. The normalized spacial score (nSPS) is 18.4. The van der Waals surface area contributed by atoms with Crippen LogP contribution in [0.3, 0.4) is 0 Å². The first kappa shape index (κ1) is 15.1. The van der Waals surface area contributed by atoms with E-state index in [9.17, 15) is 4.79 Å². The van der Waals surface area contributed by atoms with Gasteiger partial charge in [-0.25, -0.2) is 9.67 Å². The molecule has 1 fully saturated rings. The lowest BCUT2D eigenvalue weighted by Crippen LogP contribution is -2.44. The van der Waals surface area contributed by atoms with Crippen molar-refractivity contribution >= 4 is 5.78 Å². The fourth-order valence-corrected chi connectivity index (χ4v) is 2.61. The standard InChI is InChI=1S/C14H24N4O2/c1-11(2)8-18-13(16-10-17-18)7-12(19)14(9-15)3-5-20-6-4-14/h10-11H,3-9,15H2,1-2H3. The zero-order chi connectivity index (χ0) is 14.6. The van der Waals surface area contributed by atoms with E-state index in [-0.39, 0.29) is 5.78 Å². The van der Waals surface area contributed by atoms with Crippen molar-refractivity contribution in [3.05, 3.63) is 12.2 Å². The van der Waals surface area contributed by atoms with Gasteiger partial charge in [0.05, 0.1) is 6.42 Å². The zero-order valence-electron chi connectivity index (χ0n) is 12.3. The molecule has 0 spiro atoms. The quantitative estimate of drug-likeness (QED) is 0.833. The van der Waals surface area contributed by atoms with Crippen LogP contribution >= 0.6 is 0 Å². The van der Waals surface area contributed by atoms with Gasteiger partial charge >= 0.3 is 0 Å². The Bertz CT molecular complexity index is 450. The minimum absolute atomic E-state index is 0.168. The maximum atomic E-state index is 12.6. The number of carbonyl (C=O) groups excluding carboxylic acids is 1. The monoisotopic (exact) mass is 280 g/mol. The second-order valence-electron chi connectivity index (χ2n) is 5.95.